The van der Waals surface area contributed by atoms with Gasteiger partial charge in [-0.25, -0.2) is 0 Å². The molecule has 3 aromatic rings. The zero-order valence-electron chi connectivity index (χ0n) is 20.3. The third-order valence-corrected chi connectivity index (χ3v) is 6.54. The normalized spacial score (nSPS) is 15.1. The first kappa shape index (κ1) is 23.9. The number of amides is 1. The molecule has 0 aliphatic carbocycles. The summed E-state index contributed by atoms with van der Waals surface area (Å²) in [5, 5.41) is 6.63. The molecule has 5 rings (SSSR count). The van der Waals surface area contributed by atoms with E-state index >= 15 is 0 Å². The van der Waals surface area contributed by atoms with Gasteiger partial charge in [-0.15, -0.1) is 0 Å². The summed E-state index contributed by atoms with van der Waals surface area (Å²) < 4.78 is 16.4. The predicted molar refractivity (Wildman–Crippen MR) is 138 cm³/mol. The van der Waals surface area contributed by atoms with Crippen LogP contribution in [0.15, 0.2) is 67.0 Å². The second-order valence-electron chi connectivity index (χ2n) is 9.02. The van der Waals surface area contributed by atoms with Crippen molar-refractivity contribution in [3.05, 3.63) is 78.1 Å². The number of carbonyl (C=O) groups is 1. The molecular formula is C28H32N4O4. The first-order valence-corrected chi connectivity index (χ1v) is 12.5. The Labute approximate surface area is 211 Å². The number of piperidine rings is 1. The maximum absolute atomic E-state index is 12.6. The Kier molecular flexibility index (Phi) is 7.83. The molecule has 0 saturated carbocycles. The third kappa shape index (κ3) is 6.26. The fourth-order valence-electron chi connectivity index (χ4n) is 4.50. The standard InChI is InChI=1S/C28H32N4O4/c33-28(31-18-21-4-9-26-27(17-21)36-20-35-26)22-5-7-24(8-6-22)32-14-10-23(11-15-32)30-13-2-16-34-25-3-1-12-29-19-25/h1,3-9,12,17,19,23,30H,2,10-11,13-16,18,20H2,(H,31,33). The lowest BCUT2D eigenvalue weighted by atomic mass is 10.0. The lowest BCUT2D eigenvalue weighted by Crippen LogP contribution is -2.43. The quantitative estimate of drug-likeness (QED) is 0.420. The smallest absolute Gasteiger partial charge is 0.251 e. The van der Waals surface area contributed by atoms with E-state index in [4.69, 9.17) is 14.2 Å². The van der Waals surface area contributed by atoms with E-state index < -0.39 is 0 Å². The Bertz CT molecular complexity index is 1130. The first-order chi connectivity index (χ1) is 17.7. The number of carbonyl (C=O) groups excluding carboxylic acids is 1. The minimum absolute atomic E-state index is 0.0883. The minimum Gasteiger partial charge on any atom is -0.492 e. The van der Waals surface area contributed by atoms with E-state index in [1.54, 1.807) is 12.4 Å². The molecule has 8 heteroatoms. The molecule has 2 aliphatic rings. The topological polar surface area (TPSA) is 85.0 Å². The second-order valence-corrected chi connectivity index (χ2v) is 9.02. The van der Waals surface area contributed by atoms with Gasteiger partial charge < -0.3 is 29.7 Å². The van der Waals surface area contributed by atoms with Crippen LogP contribution in [0.25, 0.3) is 0 Å². The highest BCUT2D eigenvalue weighted by molar-refractivity contribution is 5.94. The number of anilines is 1. The van der Waals surface area contributed by atoms with Crippen LogP contribution < -0.4 is 29.7 Å². The summed E-state index contributed by atoms with van der Waals surface area (Å²) in [6.45, 7) is 4.32. The van der Waals surface area contributed by atoms with Crippen LogP contribution in [0, 0.1) is 0 Å². The van der Waals surface area contributed by atoms with Crippen molar-refractivity contribution >= 4 is 11.6 Å². The van der Waals surface area contributed by atoms with E-state index in [-0.39, 0.29) is 12.7 Å². The number of hydrogen-bond donors (Lipinski definition) is 2. The Morgan fingerprint density at radius 1 is 1.06 bits per heavy atom. The first-order valence-electron chi connectivity index (χ1n) is 12.5. The molecule has 1 aromatic heterocycles. The molecule has 2 aliphatic heterocycles. The Hall–Kier alpha value is -3.78. The van der Waals surface area contributed by atoms with Crippen molar-refractivity contribution in [1.82, 2.24) is 15.6 Å². The van der Waals surface area contributed by atoms with E-state index in [1.165, 1.54) is 0 Å². The van der Waals surface area contributed by atoms with Crippen molar-refractivity contribution in [2.45, 2.75) is 31.8 Å². The largest absolute Gasteiger partial charge is 0.492 e. The van der Waals surface area contributed by atoms with Crippen molar-refractivity contribution < 1.29 is 19.0 Å². The average molecular weight is 489 g/mol. The molecular weight excluding hydrogens is 456 g/mol. The van der Waals surface area contributed by atoms with Crippen LogP contribution in [0.4, 0.5) is 5.69 Å². The van der Waals surface area contributed by atoms with Crippen LogP contribution in [-0.2, 0) is 6.54 Å². The molecule has 188 valence electrons. The molecule has 0 atom stereocenters. The van der Waals surface area contributed by atoms with Gasteiger partial charge in [0.15, 0.2) is 11.5 Å². The average Bonchev–Trinajstić information content (AvgIpc) is 3.41. The fraction of sp³-hybridized carbons (Fsp3) is 0.357. The molecule has 8 nitrogen and oxygen atoms in total. The van der Waals surface area contributed by atoms with Crippen molar-refractivity contribution in [3.8, 4) is 17.2 Å². The van der Waals surface area contributed by atoms with Crippen LogP contribution in [0.5, 0.6) is 17.2 Å². The molecule has 0 bridgehead atoms. The van der Waals surface area contributed by atoms with Crippen LogP contribution in [-0.4, -0.2) is 50.0 Å². The molecule has 0 unspecified atom stereocenters. The van der Waals surface area contributed by atoms with Crippen molar-refractivity contribution in [3.63, 3.8) is 0 Å². The summed E-state index contributed by atoms with van der Waals surface area (Å²) in [5.41, 5.74) is 2.79. The van der Waals surface area contributed by atoms with Gasteiger partial charge in [-0.3, -0.25) is 9.78 Å². The molecule has 1 saturated heterocycles. The monoisotopic (exact) mass is 488 g/mol. The summed E-state index contributed by atoms with van der Waals surface area (Å²) in [6.07, 6.45) is 6.65. The van der Waals surface area contributed by atoms with Crippen molar-refractivity contribution in [2.24, 2.45) is 0 Å². The molecule has 3 heterocycles. The van der Waals surface area contributed by atoms with Gasteiger partial charge in [0.05, 0.1) is 12.8 Å². The van der Waals surface area contributed by atoms with Gasteiger partial charge in [-0.2, -0.15) is 0 Å². The molecule has 2 aromatic carbocycles. The summed E-state index contributed by atoms with van der Waals surface area (Å²) in [5.74, 6) is 2.19. The van der Waals surface area contributed by atoms with Crippen LogP contribution in [0.1, 0.15) is 35.2 Å². The fourth-order valence-corrected chi connectivity index (χ4v) is 4.50. The van der Waals surface area contributed by atoms with E-state index in [9.17, 15) is 4.79 Å². The van der Waals surface area contributed by atoms with Crippen LogP contribution in [0.3, 0.4) is 0 Å². The SMILES string of the molecule is O=C(NCc1ccc2c(c1)OCO2)c1ccc(N2CCC(NCCCOc3cccnc3)CC2)cc1. The Morgan fingerprint density at radius 3 is 2.69 bits per heavy atom. The second kappa shape index (κ2) is 11.8. The summed E-state index contributed by atoms with van der Waals surface area (Å²) in [7, 11) is 0. The van der Waals surface area contributed by atoms with Crippen LogP contribution in [0.2, 0.25) is 0 Å². The van der Waals surface area contributed by atoms with Crippen LogP contribution >= 0.6 is 0 Å². The predicted octanol–water partition coefficient (Wildman–Crippen LogP) is 3.77. The van der Waals surface area contributed by atoms with E-state index in [1.807, 2.05) is 54.6 Å². The molecule has 0 spiro atoms. The Balaban J connectivity index is 1.01. The van der Waals surface area contributed by atoms with Gasteiger partial charge in [0.2, 0.25) is 6.79 Å². The highest BCUT2D eigenvalue weighted by Gasteiger charge is 2.19. The molecule has 1 fully saturated rings. The van der Waals surface area contributed by atoms with Gasteiger partial charge in [-0.1, -0.05) is 6.07 Å². The van der Waals surface area contributed by atoms with Crippen molar-refractivity contribution in [1.29, 1.82) is 0 Å². The minimum atomic E-state index is -0.0883. The molecule has 1 amide bonds. The number of aromatic nitrogens is 1. The zero-order valence-corrected chi connectivity index (χ0v) is 20.3. The van der Waals surface area contributed by atoms with Crippen molar-refractivity contribution in [2.75, 3.05) is 37.9 Å². The van der Waals surface area contributed by atoms with Gasteiger partial charge in [-0.05, 0) is 79.9 Å². The highest BCUT2D eigenvalue weighted by atomic mass is 16.7. The zero-order chi connectivity index (χ0) is 24.6. The lowest BCUT2D eigenvalue weighted by molar-refractivity contribution is 0.0951. The number of benzene rings is 2. The summed E-state index contributed by atoms with van der Waals surface area (Å²) in [6, 6.07) is 17.9. The molecule has 2 N–H and O–H groups in total. The summed E-state index contributed by atoms with van der Waals surface area (Å²) >= 11 is 0. The van der Waals surface area contributed by atoms with Gasteiger partial charge >= 0.3 is 0 Å². The Morgan fingerprint density at radius 2 is 1.89 bits per heavy atom. The van der Waals surface area contributed by atoms with E-state index in [0.717, 1.165) is 67.4 Å². The van der Waals surface area contributed by atoms with E-state index in [2.05, 4.69) is 20.5 Å². The summed E-state index contributed by atoms with van der Waals surface area (Å²) in [4.78, 5) is 19.1. The van der Waals surface area contributed by atoms with Gasteiger partial charge in [0, 0.05) is 43.1 Å². The molecule has 36 heavy (non-hydrogen) atoms. The number of fused-ring (bicyclic) bond motifs is 1. The number of ether oxygens (including phenoxy) is 3. The third-order valence-electron chi connectivity index (χ3n) is 6.54. The van der Waals surface area contributed by atoms with Gasteiger partial charge in [0.25, 0.3) is 5.91 Å². The maximum Gasteiger partial charge on any atom is 0.251 e. The number of nitrogens with one attached hydrogen (secondary N) is 2. The highest BCUT2D eigenvalue weighted by Crippen LogP contribution is 2.32. The van der Waals surface area contributed by atoms with Gasteiger partial charge in [0.1, 0.15) is 5.75 Å². The number of pyridine rings is 1. The maximum atomic E-state index is 12.6. The lowest BCUT2D eigenvalue weighted by Gasteiger charge is -2.34. The number of hydrogen-bond acceptors (Lipinski definition) is 7. The number of rotatable bonds is 10. The number of nitrogens with zero attached hydrogens (tertiary/aromatic N) is 2. The molecule has 0 radical (unpaired) electrons. The van der Waals surface area contributed by atoms with E-state index in [0.29, 0.717) is 24.8 Å².